The maximum Gasteiger partial charge on any atom is 0.345 e. The second-order valence-corrected chi connectivity index (χ2v) is 3.73. The van der Waals surface area contributed by atoms with E-state index >= 15 is 0 Å². The number of rotatable bonds is 2. The summed E-state index contributed by atoms with van der Waals surface area (Å²) >= 11 is 3.43. The second-order valence-electron chi connectivity index (χ2n) is 2.22. The Morgan fingerprint density at radius 2 is 1.45 bits per heavy atom. The average molecular weight is 184 g/mol. The van der Waals surface area contributed by atoms with Gasteiger partial charge in [0.2, 0.25) is 11.0 Å². The van der Waals surface area contributed by atoms with E-state index in [-0.39, 0.29) is 0 Å². The van der Waals surface area contributed by atoms with Crippen LogP contribution in [0, 0.1) is 0 Å². The highest BCUT2D eigenvalue weighted by molar-refractivity contribution is 7.07. The predicted octanol–water partition coefficient (Wildman–Crippen LogP) is 0.890. The van der Waals surface area contributed by atoms with Crippen molar-refractivity contribution in [3.05, 3.63) is 34.2 Å². The minimum absolute atomic E-state index is 0.924. The molecule has 2 aromatic rings. The first-order chi connectivity index (χ1) is 5.45. The second kappa shape index (κ2) is 3.11. The molecule has 0 aliphatic carbocycles. The van der Waals surface area contributed by atoms with Crippen molar-refractivity contribution in [2.24, 2.45) is 0 Å². The van der Waals surface area contributed by atoms with Gasteiger partial charge in [0.15, 0.2) is 12.4 Å². The summed E-state index contributed by atoms with van der Waals surface area (Å²) in [5.41, 5.74) is 4.20. The lowest BCUT2D eigenvalue weighted by atomic mass is 10.8. The number of aromatic nitrogens is 2. The summed E-state index contributed by atoms with van der Waals surface area (Å²) in [5.74, 6) is 0. The summed E-state index contributed by atoms with van der Waals surface area (Å²) < 4.78 is 4.30. The van der Waals surface area contributed by atoms with E-state index in [2.05, 4.69) is 43.3 Å². The molecule has 56 valence electrons. The summed E-state index contributed by atoms with van der Waals surface area (Å²) in [6, 6.07) is 0. The van der Waals surface area contributed by atoms with E-state index in [1.54, 1.807) is 22.7 Å². The molecule has 0 atom stereocenters. The molecule has 0 saturated carbocycles. The average Bonchev–Trinajstić information content (AvgIpc) is 2.60. The number of hydrogen-bond donors (Lipinski definition) is 0. The summed E-state index contributed by atoms with van der Waals surface area (Å²) in [7, 11) is 0. The van der Waals surface area contributed by atoms with E-state index in [1.807, 2.05) is 0 Å². The van der Waals surface area contributed by atoms with Crippen molar-refractivity contribution in [1.29, 1.82) is 0 Å². The number of hydrogen-bond acceptors (Lipinski definition) is 2. The Balaban J connectivity index is 2.14. The van der Waals surface area contributed by atoms with Gasteiger partial charge in [-0.3, -0.25) is 0 Å². The lowest BCUT2D eigenvalue weighted by Gasteiger charge is -1.81. The molecule has 11 heavy (non-hydrogen) atoms. The van der Waals surface area contributed by atoms with Gasteiger partial charge in [-0.2, -0.15) is 0 Å². The number of nitrogens with zero attached hydrogens (tertiary/aromatic N) is 2. The zero-order valence-corrected chi connectivity index (χ0v) is 7.52. The molecule has 0 saturated heterocycles. The van der Waals surface area contributed by atoms with Gasteiger partial charge in [0.1, 0.15) is 0 Å². The van der Waals surface area contributed by atoms with Gasteiger partial charge < -0.3 is 0 Å². The monoisotopic (exact) mass is 184 g/mol. The highest BCUT2D eigenvalue weighted by Gasteiger charge is 2.06. The fraction of sp³-hybridized carbons (Fsp3) is 0.143. The van der Waals surface area contributed by atoms with Crippen LogP contribution in [-0.2, 0) is 6.67 Å². The van der Waals surface area contributed by atoms with E-state index in [4.69, 9.17) is 0 Å². The zero-order valence-electron chi connectivity index (χ0n) is 5.88. The van der Waals surface area contributed by atoms with E-state index in [9.17, 15) is 0 Å². The summed E-state index contributed by atoms with van der Waals surface area (Å²) in [4.78, 5) is 0. The van der Waals surface area contributed by atoms with Crippen LogP contribution in [0.3, 0.4) is 0 Å². The molecule has 2 heterocycles. The van der Waals surface area contributed by atoms with Crippen LogP contribution in [0.1, 0.15) is 0 Å². The van der Waals surface area contributed by atoms with Crippen LogP contribution in [-0.4, -0.2) is 0 Å². The van der Waals surface area contributed by atoms with Gasteiger partial charge >= 0.3 is 6.67 Å². The normalized spacial score (nSPS) is 10.2. The molecule has 2 rings (SSSR count). The molecule has 0 amide bonds. The standard InChI is InChI=1S/C7H8N2S2/c1-3-10-6-8(1)5-9-2-4-11-7-9/h1-4,6-7H,5H2/q+2. The first kappa shape index (κ1) is 6.94. The fourth-order valence-electron chi connectivity index (χ4n) is 0.873. The first-order valence-electron chi connectivity index (χ1n) is 3.27. The van der Waals surface area contributed by atoms with Crippen molar-refractivity contribution in [3.63, 3.8) is 0 Å². The molecule has 0 unspecified atom stereocenters. The maximum absolute atomic E-state index is 2.15. The lowest BCUT2D eigenvalue weighted by molar-refractivity contribution is -0.909. The number of thiazole rings is 2. The topological polar surface area (TPSA) is 7.76 Å². The van der Waals surface area contributed by atoms with Gasteiger partial charge in [0, 0.05) is 0 Å². The van der Waals surface area contributed by atoms with Crippen molar-refractivity contribution >= 4 is 22.7 Å². The molecule has 0 bridgehead atoms. The third kappa shape index (κ3) is 1.64. The Morgan fingerprint density at radius 1 is 0.909 bits per heavy atom. The molecule has 0 spiro atoms. The van der Waals surface area contributed by atoms with E-state index < -0.39 is 0 Å². The van der Waals surface area contributed by atoms with Crippen molar-refractivity contribution in [3.8, 4) is 0 Å². The summed E-state index contributed by atoms with van der Waals surface area (Å²) in [5, 5.41) is 4.15. The lowest BCUT2D eigenvalue weighted by Crippen LogP contribution is -2.48. The maximum atomic E-state index is 2.15. The molecule has 2 aromatic heterocycles. The quantitative estimate of drug-likeness (QED) is 0.612. The highest BCUT2D eigenvalue weighted by atomic mass is 32.1. The van der Waals surface area contributed by atoms with Gasteiger partial charge in [0.25, 0.3) is 0 Å². The first-order valence-corrected chi connectivity index (χ1v) is 5.16. The molecular weight excluding hydrogens is 176 g/mol. The van der Waals surface area contributed by atoms with Crippen molar-refractivity contribution in [1.82, 2.24) is 0 Å². The molecule has 0 aliphatic rings. The van der Waals surface area contributed by atoms with Crippen LogP contribution in [0.25, 0.3) is 0 Å². The molecule has 0 aliphatic heterocycles. The van der Waals surface area contributed by atoms with Crippen molar-refractivity contribution in [2.75, 3.05) is 0 Å². The molecular formula is C7H8N2S2+2. The smallest absolute Gasteiger partial charge is 0.136 e. The van der Waals surface area contributed by atoms with Gasteiger partial charge in [-0.25, -0.2) is 0 Å². The van der Waals surface area contributed by atoms with Gasteiger partial charge in [-0.1, -0.05) is 22.7 Å². The molecule has 2 nitrogen and oxygen atoms in total. The van der Waals surface area contributed by atoms with Crippen LogP contribution in [0.4, 0.5) is 0 Å². The van der Waals surface area contributed by atoms with Crippen LogP contribution >= 0.6 is 22.7 Å². The van der Waals surface area contributed by atoms with E-state index in [1.165, 1.54) is 0 Å². The fourth-order valence-corrected chi connectivity index (χ4v) is 2.05. The SMILES string of the molecule is c1c[n+](C[n+]2ccsc2)cs1. The molecule has 4 heteroatoms. The highest BCUT2D eigenvalue weighted by Crippen LogP contribution is 1.88. The van der Waals surface area contributed by atoms with E-state index in [0.29, 0.717) is 0 Å². The van der Waals surface area contributed by atoms with E-state index in [0.717, 1.165) is 6.67 Å². The molecule has 0 radical (unpaired) electrons. The molecule has 0 aromatic carbocycles. The third-order valence-electron chi connectivity index (χ3n) is 1.38. The Labute approximate surface area is 73.0 Å². The van der Waals surface area contributed by atoms with Gasteiger partial charge in [-0.15, -0.1) is 9.13 Å². The predicted molar refractivity (Wildman–Crippen MR) is 44.4 cm³/mol. The zero-order chi connectivity index (χ0) is 7.52. The Bertz CT molecular complexity index is 267. The molecule has 0 N–H and O–H groups in total. The summed E-state index contributed by atoms with van der Waals surface area (Å²) in [6.07, 6.45) is 4.16. The van der Waals surface area contributed by atoms with Crippen LogP contribution in [0.15, 0.2) is 34.2 Å². The van der Waals surface area contributed by atoms with Crippen LogP contribution < -0.4 is 9.13 Å². The van der Waals surface area contributed by atoms with Crippen molar-refractivity contribution in [2.45, 2.75) is 6.67 Å². The third-order valence-corrected chi connectivity index (χ3v) is 2.72. The Kier molecular flexibility index (Phi) is 1.96. The summed E-state index contributed by atoms with van der Waals surface area (Å²) in [6.45, 7) is 0.924. The largest absolute Gasteiger partial charge is 0.345 e. The Hall–Kier alpha value is -0.740. The van der Waals surface area contributed by atoms with Crippen LogP contribution in [0.2, 0.25) is 0 Å². The van der Waals surface area contributed by atoms with Gasteiger partial charge in [-0.05, 0) is 0 Å². The van der Waals surface area contributed by atoms with Crippen molar-refractivity contribution < 1.29 is 9.13 Å². The van der Waals surface area contributed by atoms with Crippen LogP contribution in [0.5, 0.6) is 0 Å². The minimum atomic E-state index is 0.924. The minimum Gasteiger partial charge on any atom is -0.136 e. The van der Waals surface area contributed by atoms with Gasteiger partial charge in [0.05, 0.1) is 10.8 Å². The molecule has 0 fully saturated rings. The Morgan fingerprint density at radius 3 is 1.82 bits per heavy atom.